The molecule has 3 aromatic carbocycles. The fourth-order valence-electron chi connectivity index (χ4n) is 4.21. The third kappa shape index (κ3) is 4.27. The summed E-state index contributed by atoms with van der Waals surface area (Å²) in [7, 11) is 0. The Kier molecular flexibility index (Phi) is 6.34. The number of aliphatic hydroxyl groups excluding tert-OH is 1. The highest BCUT2D eigenvalue weighted by molar-refractivity contribution is 6.10. The Morgan fingerprint density at radius 1 is 1.03 bits per heavy atom. The second-order valence-corrected chi connectivity index (χ2v) is 7.74. The maximum atomic E-state index is 13.5. The van der Waals surface area contributed by atoms with Gasteiger partial charge in [0.2, 0.25) is 5.91 Å². The van der Waals surface area contributed by atoms with Crippen LogP contribution in [0, 0.1) is 12.3 Å². The summed E-state index contributed by atoms with van der Waals surface area (Å²) in [6, 6.07) is 23.2. The van der Waals surface area contributed by atoms with Crippen LogP contribution in [0.15, 0.2) is 78.9 Å². The van der Waals surface area contributed by atoms with Crippen molar-refractivity contribution < 1.29 is 14.7 Å². The smallest absolute Gasteiger partial charge is 0.303 e. The third-order valence-electron chi connectivity index (χ3n) is 5.75. The van der Waals surface area contributed by atoms with Crippen LogP contribution in [-0.4, -0.2) is 16.9 Å². The van der Waals surface area contributed by atoms with Crippen LogP contribution in [0.3, 0.4) is 0 Å². The molecule has 1 aliphatic carbocycles. The molecule has 32 heavy (non-hydrogen) atoms. The largest absolute Gasteiger partial charge is 0.388 e. The SMILES string of the molecule is C#CC(=O)N(c1cccc2c1CCC2O)C(C(=O)NCc1ccccc1)c1ccccc1. The number of carbonyl (C=O) groups excluding carboxylic acids is 2. The minimum absolute atomic E-state index is 0.326. The molecule has 0 aliphatic heterocycles. The zero-order chi connectivity index (χ0) is 22.5. The predicted octanol–water partition coefficient (Wildman–Crippen LogP) is 3.69. The molecule has 2 amide bonds. The van der Waals surface area contributed by atoms with Crippen LogP contribution in [0.1, 0.15) is 40.8 Å². The molecular weight excluding hydrogens is 400 g/mol. The van der Waals surface area contributed by atoms with E-state index in [0.717, 1.165) is 16.7 Å². The van der Waals surface area contributed by atoms with Crippen LogP contribution in [0.5, 0.6) is 0 Å². The van der Waals surface area contributed by atoms with Crippen LogP contribution in [-0.2, 0) is 22.6 Å². The Morgan fingerprint density at radius 3 is 2.41 bits per heavy atom. The second kappa shape index (κ2) is 9.51. The molecule has 0 aromatic heterocycles. The zero-order valence-corrected chi connectivity index (χ0v) is 17.6. The number of nitrogens with one attached hydrogen (secondary N) is 1. The fraction of sp³-hybridized carbons (Fsp3) is 0.185. The highest BCUT2D eigenvalue weighted by Gasteiger charge is 2.35. The third-order valence-corrected chi connectivity index (χ3v) is 5.75. The van der Waals surface area contributed by atoms with Gasteiger partial charge in [-0.1, -0.05) is 72.8 Å². The molecule has 0 radical (unpaired) electrons. The van der Waals surface area contributed by atoms with Crippen molar-refractivity contribution in [2.75, 3.05) is 4.90 Å². The van der Waals surface area contributed by atoms with E-state index in [9.17, 15) is 14.7 Å². The molecule has 160 valence electrons. The molecule has 3 aromatic rings. The van der Waals surface area contributed by atoms with E-state index in [1.54, 1.807) is 12.1 Å². The van der Waals surface area contributed by atoms with Crippen molar-refractivity contribution in [1.29, 1.82) is 0 Å². The number of nitrogens with zero attached hydrogens (tertiary/aromatic N) is 1. The summed E-state index contributed by atoms with van der Waals surface area (Å²) in [5.41, 5.74) is 3.78. The van der Waals surface area contributed by atoms with Gasteiger partial charge in [0.05, 0.1) is 6.10 Å². The number of rotatable bonds is 6. The minimum Gasteiger partial charge on any atom is -0.388 e. The Balaban J connectivity index is 1.76. The number of terminal acetylenes is 1. The van der Waals surface area contributed by atoms with Crippen LogP contribution in [0.4, 0.5) is 5.69 Å². The summed E-state index contributed by atoms with van der Waals surface area (Å²) in [5, 5.41) is 13.3. The van der Waals surface area contributed by atoms with Gasteiger partial charge in [-0.3, -0.25) is 14.5 Å². The van der Waals surface area contributed by atoms with E-state index in [0.29, 0.717) is 30.6 Å². The minimum atomic E-state index is -0.951. The number of amides is 2. The van der Waals surface area contributed by atoms with Gasteiger partial charge < -0.3 is 10.4 Å². The lowest BCUT2D eigenvalue weighted by Crippen LogP contribution is -2.43. The van der Waals surface area contributed by atoms with Gasteiger partial charge in [-0.2, -0.15) is 0 Å². The van der Waals surface area contributed by atoms with E-state index in [1.165, 1.54) is 4.90 Å². The summed E-state index contributed by atoms with van der Waals surface area (Å²) >= 11 is 0. The van der Waals surface area contributed by atoms with Gasteiger partial charge in [-0.25, -0.2) is 0 Å². The van der Waals surface area contributed by atoms with Crippen molar-refractivity contribution in [3.8, 4) is 12.3 Å². The molecule has 0 heterocycles. The average Bonchev–Trinajstić information content (AvgIpc) is 3.23. The first kappa shape index (κ1) is 21.4. The van der Waals surface area contributed by atoms with Crippen LogP contribution in [0.25, 0.3) is 0 Å². The van der Waals surface area contributed by atoms with E-state index in [4.69, 9.17) is 6.42 Å². The summed E-state index contributed by atoms with van der Waals surface area (Å²) in [4.78, 5) is 27.9. The molecule has 5 nitrogen and oxygen atoms in total. The summed E-state index contributed by atoms with van der Waals surface area (Å²) in [6.45, 7) is 0.326. The van der Waals surface area contributed by atoms with E-state index in [-0.39, 0.29) is 5.91 Å². The molecule has 1 aliphatic rings. The Hall–Kier alpha value is -3.88. The van der Waals surface area contributed by atoms with Gasteiger partial charge >= 0.3 is 5.91 Å². The van der Waals surface area contributed by atoms with Crippen molar-refractivity contribution in [3.63, 3.8) is 0 Å². The summed E-state index contributed by atoms with van der Waals surface area (Å²) in [5.74, 6) is 1.25. The van der Waals surface area contributed by atoms with Crippen LogP contribution < -0.4 is 10.2 Å². The lowest BCUT2D eigenvalue weighted by Gasteiger charge is -2.31. The van der Waals surface area contributed by atoms with Crippen LogP contribution >= 0.6 is 0 Å². The summed E-state index contributed by atoms with van der Waals surface area (Å²) < 4.78 is 0. The Bertz CT molecular complexity index is 1150. The first-order chi connectivity index (χ1) is 15.6. The van der Waals surface area contributed by atoms with E-state index in [2.05, 4.69) is 11.2 Å². The van der Waals surface area contributed by atoms with Crippen molar-refractivity contribution in [1.82, 2.24) is 5.32 Å². The normalized spacial score (nSPS) is 15.3. The highest BCUT2D eigenvalue weighted by atomic mass is 16.3. The number of benzene rings is 3. The average molecular weight is 425 g/mol. The lowest BCUT2D eigenvalue weighted by atomic mass is 10.00. The second-order valence-electron chi connectivity index (χ2n) is 7.74. The lowest BCUT2D eigenvalue weighted by molar-refractivity contribution is -0.125. The van der Waals surface area contributed by atoms with Crippen molar-refractivity contribution in [2.45, 2.75) is 31.5 Å². The van der Waals surface area contributed by atoms with Gasteiger partial charge in [-0.15, -0.1) is 6.42 Å². The maximum Gasteiger partial charge on any atom is 0.303 e. The molecule has 5 heteroatoms. The van der Waals surface area contributed by atoms with E-state index < -0.39 is 18.1 Å². The number of fused-ring (bicyclic) bond motifs is 1. The standard InChI is InChI=1S/C27H24N2O3/c1-2-25(31)29(23-15-9-14-22-21(23)16-17-24(22)30)26(20-12-7-4-8-13-20)27(32)28-18-19-10-5-3-6-11-19/h1,3-15,24,26,30H,16-18H2,(H,28,32). The molecule has 2 N–H and O–H groups in total. The maximum absolute atomic E-state index is 13.5. The number of hydrogen-bond donors (Lipinski definition) is 2. The van der Waals surface area contributed by atoms with Crippen molar-refractivity contribution in [3.05, 3.63) is 101 Å². The van der Waals surface area contributed by atoms with Crippen molar-refractivity contribution in [2.24, 2.45) is 0 Å². The zero-order valence-electron chi connectivity index (χ0n) is 17.6. The summed E-state index contributed by atoms with van der Waals surface area (Å²) in [6.07, 6.45) is 6.13. The predicted molar refractivity (Wildman–Crippen MR) is 124 cm³/mol. The fourth-order valence-corrected chi connectivity index (χ4v) is 4.21. The topological polar surface area (TPSA) is 69.6 Å². The van der Waals surface area contributed by atoms with Gasteiger partial charge in [0.1, 0.15) is 6.04 Å². The number of anilines is 1. The van der Waals surface area contributed by atoms with E-state index >= 15 is 0 Å². The monoisotopic (exact) mass is 424 g/mol. The first-order valence-electron chi connectivity index (χ1n) is 10.6. The Morgan fingerprint density at radius 2 is 1.72 bits per heavy atom. The van der Waals surface area contributed by atoms with E-state index in [1.807, 2.05) is 66.7 Å². The molecule has 0 spiro atoms. The molecule has 0 saturated heterocycles. The molecule has 2 atom stereocenters. The van der Waals surface area contributed by atoms with Gasteiger partial charge in [0.25, 0.3) is 0 Å². The van der Waals surface area contributed by atoms with Gasteiger partial charge in [0.15, 0.2) is 0 Å². The number of carbonyl (C=O) groups is 2. The molecule has 2 unspecified atom stereocenters. The van der Waals surface area contributed by atoms with Gasteiger partial charge in [-0.05, 0) is 47.1 Å². The highest BCUT2D eigenvalue weighted by Crippen LogP contribution is 2.40. The molecule has 0 saturated carbocycles. The first-order valence-corrected chi connectivity index (χ1v) is 10.6. The molecule has 0 fully saturated rings. The quantitative estimate of drug-likeness (QED) is 0.593. The number of hydrogen-bond acceptors (Lipinski definition) is 3. The van der Waals surface area contributed by atoms with Gasteiger partial charge in [0, 0.05) is 12.2 Å². The molecular formula is C27H24N2O3. The molecule has 4 rings (SSSR count). The molecule has 0 bridgehead atoms. The Labute approximate surface area is 187 Å². The van der Waals surface area contributed by atoms with Crippen molar-refractivity contribution >= 4 is 17.5 Å². The number of aliphatic hydroxyl groups is 1. The van der Waals surface area contributed by atoms with Crippen LogP contribution in [0.2, 0.25) is 0 Å².